The van der Waals surface area contributed by atoms with Gasteiger partial charge >= 0.3 is 14.2 Å². The number of nitrogens with one attached hydrogen (secondary N) is 2. The van der Waals surface area contributed by atoms with Crippen LogP contribution in [0.5, 0.6) is 0 Å². The molecular weight excluding hydrogens is 570 g/mol. The molecule has 4 N–H and O–H groups in total. The summed E-state index contributed by atoms with van der Waals surface area (Å²) in [6.45, 7) is 5.07. The number of nitrogens with zero attached hydrogens (tertiary/aromatic N) is 3. The molecule has 2 heterocycles. The number of hydrogen-bond acceptors (Lipinski definition) is 7. The maximum Gasteiger partial charge on any atom is 0.508 e. The van der Waals surface area contributed by atoms with Crippen molar-refractivity contribution in [1.82, 2.24) is 14.9 Å². The number of rotatable bonds is 8. The zero-order chi connectivity index (χ0) is 30.8. The van der Waals surface area contributed by atoms with Gasteiger partial charge in [-0.1, -0.05) is 30.9 Å². The number of alkyl halides is 3. The first kappa shape index (κ1) is 30.9. The summed E-state index contributed by atoms with van der Waals surface area (Å²) in [5, 5.41) is 15.6. The molecule has 0 saturated heterocycles. The van der Waals surface area contributed by atoms with Crippen LogP contribution < -0.4 is 10.6 Å². The van der Waals surface area contributed by atoms with Crippen LogP contribution in [0.3, 0.4) is 0 Å². The predicted molar refractivity (Wildman–Crippen MR) is 153 cm³/mol. The topological polar surface area (TPSA) is 128 Å². The van der Waals surface area contributed by atoms with Crippen LogP contribution in [-0.4, -0.2) is 49.1 Å². The molecule has 13 heteroatoms. The second kappa shape index (κ2) is 12.1. The van der Waals surface area contributed by atoms with Gasteiger partial charge in [-0.3, -0.25) is 4.79 Å². The Balaban J connectivity index is 1.66. The van der Waals surface area contributed by atoms with Gasteiger partial charge in [-0.2, -0.15) is 23.0 Å². The Morgan fingerprint density at radius 3 is 2.43 bits per heavy atom. The molecule has 0 saturated carbocycles. The van der Waals surface area contributed by atoms with Crippen molar-refractivity contribution < 1.29 is 32.5 Å². The molecule has 1 aromatic heterocycles. The highest BCUT2D eigenvalue weighted by molar-refractivity contribution is 7.38. The van der Waals surface area contributed by atoms with Crippen molar-refractivity contribution in [3.05, 3.63) is 70.4 Å². The summed E-state index contributed by atoms with van der Waals surface area (Å²) in [6.07, 6.45) is -3.17. The molecule has 4 rings (SSSR count). The summed E-state index contributed by atoms with van der Waals surface area (Å²) in [7, 11) is -0.740. The minimum Gasteiger partial charge on any atom is -0.378 e. The predicted octanol–water partition coefficient (Wildman–Crippen LogP) is 5.75. The van der Waals surface area contributed by atoms with Gasteiger partial charge in [0.1, 0.15) is 17.0 Å². The summed E-state index contributed by atoms with van der Waals surface area (Å²) in [6, 6.07) is 9.90. The Labute approximate surface area is 242 Å². The van der Waals surface area contributed by atoms with Gasteiger partial charge < -0.3 is 20.6 Å². The van der Waals surface area contributed by atoms with E-state index >= 15 is 0 Å². The van der Waals surface area contributed by atoms with Gasteiger partial charge in [-0.05, 0) is 54.7 Å². The Bertz CT molecular complexity index is 1580. The lowest BCUT2D eigenvalue weighted by atomic mass is 10.00. The summed E-state index contributed by atoms with van der Waals surface area (Å²) in [5.41, 5.74) is -0.127. The molecule has 2 unspecified atom stereocenters. The first-order valence-corrected chi connectivity index (χ1v) is 14.3. The summed E-state index contributed by atoms with van der Waals surface area (Å²) in [5.74, 6) is 4.51. The maximum atomic E-state index is 13.9. The van der Waals surface area contributed by atoms with E-state index in [9.17, 15) is 32.5 Å². The van der Waals surface area contributed by atoms with Crippen molar-refractivity contribution in [2.75, 3.05) is 17.7 Å². The van der Waals surface area contributed by atoms with Crippen LogP contribution in [0.15, 0.2) is 42.6 Å². The van der Waals surface area contributed by atoms with Gasteiger partial charge in [0.05, 0.1) is 11.3 Å². The van der Waals surface area contributed by atoms with E-state index in [1.165, 1.54) is 24.8 Å². The number of hydrogen-bond donors (Lipinski definition) is 4. The second-order valence-corrected chi connectivity index (χ2v) is 11.8. The summed E-state index contributed by atoms with van der Waals surface area (Å²) in [4.78, 5) is 31.8. The number of carbonyl (C=O) groups excluding carboxylic acids is 1. The van der Waals surface area contributed by atoms with Gasteiger partial charge in [0.25, 0.3) is 5.91 Å². The zero-order valence-electron chi connectivity index (χ0n) is 23.4. The van der Waals surface area contributed by atoms with Gasteiger partial charge in [0, 0.05) is 43.0 Å². The monoisotopic (exact) mass is 600 g/mol. The fraction of sp³-hybridized carbons (Fsp3) is 0.345. The average molecular weight is 601 g/mol. The van der Waals surface area contributed by atoms with E-state index in [0.29, 0.717) is 35.9 Å². The van der Waals surface area contributed by atoms with Crippen molar-refractivity contribution in [3.63, 3.8) is 0 Å². The number of aromatic nitrogens is 2. The lowest BCUT2D eigenvalue weighted by molar-refractivity contribution is -0.137. The molecule has 1 aliphatic rings. The van der Waals surface area contributed by atoms with Gasteiger partial charge in [-0.25, -0.2) is 4.98 Å². The third kappa shape index (κ3) is 7.23. The smallest absolute Gasteiger partial charge is 0.378 e. The molecule has 2 aromatic carbocycles. The Morgan fingerprint density at radius 2 is 1.83 bits per heavy atom. The number of anilines is 4. The fourth-order valence-corrected chi connectivity index (χ4v) is 5.05. The number of aliphatic hydroxyl groups is 1. The van der Waals surface area contributed by atoms with E-state index in [0.717, 1.165) is 5.56 Å². The Morgan fingerprint density at radius 1 is 1.14 bits per heavy atom. The molecule has 1 aliphatic heterocycles. The highest BCUT2D eigenvalue weighted by atomic mass is 31.1. The number of benzene rings is 2. The standard InChI is InChI=1S/C29H29F3N5O4P/c1-5-20(42(40)41)14-17-6-9-19(10-7-17)34-27-33-15-22(29(30,31)32)25(36-27)35-23-11-8-18(12-13-28(2,3)39)21-16-37(4)26(38)24(21)23/h6-11,15,20,39H,5,14,16H2,1-4H3,(H2-,33,34,35,36,38,40,41)/p+1. The third-order valence-corrected chi connectivity index (χ3v) is 7.76. The largest absolute Gasteiger partial charge is 0.508 e. The highest BCUT2D eigenvalue weighted by Gasteiger charge is 2.37. The summed E-state index contributed by atoms with van der Waals surface area (Å²) < 4.78 is 53.3. The van der Waals surface area contributed by atoms with Crippen molar-refractivity contribution in [2.24, 2.45) is 0 Å². The fourth-order valence-electron chi connectivity index (χ4n) is 4.37. The third-order valence-electron chi connectivity index (χ3n) is 6.58. The van der Waals surface area contributed by atoms with Gasteiger partial charge in [0.2, 0.25) is 5.95 Å². The minimum absolute atomic E-state index is 0.115. The lowest BCUT2D eigenvalue weighted by Gasteiger charge is -2.17. The normalized spacial score (nSPS) is 14.2. The average Bonchev–Trinajstić information content (AvgIpc) is 3.21. The first-order valence-electron chi connectivity index (χ1n) is 13.1. The second-order valence-electron chi connectivity index (χ2n) is 10.5. The summed E-state index contributed by atoms with van der Waals surface area (Å²) >= 11 is 0. The van der Waals surface area contributed by atoms with Crippen LogP contribution in [0.4, 0.5) is 36.3 Å². The molecule has 1 amide bonds. The van der Waals surface area contributed by atoms with Crippen LogP contribution in [0.1, 0.15) is 59.8 Å². The Kier molecular flexibility index (Phi) is 8.87. The van der Waals surface area contributed by atoms with E-state index in [1.807, 2.05) is 6.92 Å². The maximum absolute atomic E-state index is 13.9. The SMILES string of the molecule is CCC(Cc1ccc(Nc2ncc(C(F)(F)F)c(Nc3ccc(C#CC(C)(C)O)c4c3C(=O)N(C)C4)n2)cc1)[P+](=O)O. The van der Waals surface area contributed by atoms with E-state index < -0.39 is 37.1 Å². The Hall–Kier alpha value is -4.04. The number of carbonyl (C=O) groups is 1. The molecule has 0 radical (unpaired) electrons. The lowest BCUT2D eigenvalue weighted by Crippen LogP contribution is -2.18. The number of fused-ring (bicyclic) bond motifs is 1. The minimum atomic E-state index is -4.78. The van der Waals surface area contributed by atoms with Crippen LogP contribution in [-0.2, 0) is 23.7 Å². The number of amides is 1. The molecule has 0 fully saturated rings. The van der Waals surface area contributed by atoms with Crippen LogP contribution >= 0.6 is 8.03 Å². The van der Waals surface area contributed by atoms with Crippen LogP contribution in [0.25, 0.3) is 0 Å². The number of halogens is 3. The molecule has 220 valence electrons. The van der Waals surface area contributed by atoms with E-state index in [4.69, 9.17) is 0 Å². The molecule has 9 nitrogen and oxygen atoms in total. The molecule has 2 atom stereocenters. The van der Waals surface area contributed by atoms with Crippen LogP contribution in [0.2, 0.25) is 0 Å². The molecule has 0 aliphatic carbocycles. The first-order chi connectivity index (χ1) is 19.7. The van der Waals surface area contributed by atoms with E-state index in [2.05, 4.69) is 32.4 Å². The molecule has 3 aromatic rings. The zero-order valence-corrected chi connectivity index (χ0v) is 24.3. The molecule has 42 heavy (non-hydrogen) atoms. The van der Waals surface area contributed by atoms with Gasteiger partial charge in [-0.15, -0.1) is 0 Å². The molecule has 0 spiro atoms. The van der Waals surface area contributed by atoms with Crippen molar-refractivity contribution in [3.8, 4) is 11.8 Å². The van der Waals surface area contributed by atoms with Crippen molar-refractivity contribution >= 4 is 37.1 Å². The van der Waals surface area contributed by atoms with Crippen molar-refractivity contribution in [2.45, 2.75) is 57.6 Å². The van der Waals surface area contributed by atoms with Gasteiger partial charge in [0.15, 0.2) is 5.66 Å². The van der Waals surface area contributed by atoms with E-state index in [1.54, 1.807) is 37.4 Å². The van der Waals surface area contributed by atoms with Crippen LogP contribution in [0, 0.1) is 11.8 Å². The molecule has 0 bridgehead atoms. The van der Waals surface area contributed by atoms with E-state index in [-0.39, 0.29) is 29.4 Å². The highest BCUT2D eigenvalue weighted by Crippen LogP contribution is 2.38. The quantitative estimate of drug-likeness (QED) is 0.190. The molecular formula is C29H30F3N5O4P+. The van der Waals surface area contributed by atoms with Crippen molar-refractivity contribution in [1.29, 1.82) is 0 Å².